The molecule has 0 N–H and O–H groups in total. The van der Waals surface area contributed by atoms with Crippen LogP contribution in [0.5, 0.6) is 11.8 Å². The predicted octanol–water partition coefficient (Wildman–Crippen LogP) is 4.96. The second-order valence-corrected chi connectivity index (χ2v) is 5.81. The Balaban J connectivity index is 1.97. The van der Waals surface area contributed by atoms with Crippen LogP contribution in [0.15, 0.2) is 42.5 Å². The van der Waals surface area contributed by atoms with E-state index in [1.807, 2.05) is 19.9 Å². The van der Waals surface area contributed by atoms with E-state index in [1.165, 1.54) is 24.3 Å². The summed E-state index contributed by atoms with van der Waals surface area (Å²) in [6.45, 7) is 4.32. The monoisotopic (exact) mass is 372 g/mol. The lowest BCUT2D eigenvalue weighted by atomic mass is 10.1. The van der Waals surface area contributed by atoms with Crippen LogP contribution < -0.4 is 4.74 Å². The highest BCUT2D eigenvalue weighted by molar-refractivity contribution is 5.62. The Labute approximate surface area is 153 Å². The maximum Gasteiger partial charge on any atom is 0.416 e. The first-order valence-electron chi connectivity index (χ1n) is 8.12. The Morgan fingerprint density at radius 2 is 1.85 bits per heavy atom. The Hall–Kier alpha value is -3.34. The van der Waals surface area contributed by atoms with E-state index in [4.69, 9.17) is 4.74 Å². The van der Waals surface area contributed by atoms with Crippen LogP contribution in [0.1, 0.15) is 23.7 Å². The topological polar surface area (TPSA) is 63.7 Å². The molecule has 0 aliphatic carbocycles. The van der Waals surface area contributed by atoms with E-state index < -0.39 is 11.7 Å². The Morgan fingerprint density at radius 1 is 1.15 bits per heavy atom. The van der Waals surface area contributed by atoms with E-state index in [2.05, 4.69) is 10.1 Å². The third-order valence-corrected chi connectivity index (χ3v) is 3.81. The largest absolute Gasteiger partial charge is 0.421 e. The minimum atomic E-state index is -4.41. The van der Waals surface area contributed by atoms with Crippen LogP contribution in [-0.4, -0.2) is 14.8 Å². The van der Waals surface area contributed by atoms with Gasteiger partial charge in [0, 0.05) is 24.2 Å². The highest BCUT2D eigenvalue weighted by Gasteiger charge is 2.30. The summed E-state index contributed by atoms with van der Waals surface area (Å²) in [6, 6.07) is 11.3. The first-order chi connectivity index (χ1) is 12.8. The van der Waals surface area contributed by atoms with E-state index in [0.29, 0.717) is 23.7 Å². The molecule has 0 atom stereocenters. The smallest absolute Gasteiger partial charge is 0.416 e. The third-order valence-electron chi connectivity index (χ3n) is 3.81. The molecular formula is C19H15F3N4O. The van der Waals surface area contributed by atoms with E-state index in [0.717, 1.165) is 17.8 Å². The van der Waals surface area contributed by atoms with Gasteiger partial charge in [0.15, 0.2) is 0 Å². The van der Waals surface area contributed by atoms with Gasteiger partial charge in [0.05, 0.1) is 28.6 Å². The molecule has 0 radical (unpaired) electrons. The van der Waals surface area contributed by atoms with Gasteiger partial charge in [0.2, 0.25) is 11.8 Å². The molecule has 3 aromatic rings. The molecule has 3 rings (SSSR count). The number of hydrogen-bond acceptors (Lipinski definition) is 4. The Morgan fingerprint density at radius 3 is 2.44 bits per heavy atom. The summed E-state index contributed by atoms with van der Waals surface area (Å²) in [6.07, 6.45) is -4.41. The molecule has 138 valence electrons. The molecule has 0 spiro atoms. The van der Waals surface area contributed by atoms with Crippen molar-refractivity contribution >= 4 is 0 Å². The molecule has 0 aliphatic rings. The van der Waals surface area contributed by atoms with Gasteiger partial charge in [-0.2, -0.15) is 23.5 Å². The summed E-state index contributed by atoms with van der Waals surface area (Å²) in [4.78, 5) is 4.33. The highest BCUT2D eigenvalue weighted by Crippen LogP contribution is 2.31. The van der Waals surface area contributed by atoms with Gasteiger partial charge < -0.3 is 4.74 Å². The van der Waals surface area contributed by atoms with E-state index in [-0.39, 0.29) is 11.4 Å². The molecule has 8 heteroatoms. The zero-order chi connectivity index (χ0) is 19.6. The van der Waals surface area contributed by atoms with Crippen molar-refractivity contribution in [3.63, 3.8) is 0 Å². The number of nitrogens with zero attached hydrogens (tertiary/aromatic N) is 4. The van der Waals surface area contributed by atoms with Gasteiger partial charge in [-0.3, -0.25) is 0 Å². The molecule has 27 heavy (non-hydrogen) atoms. The van der Waals surface area contributed by atoms with E-state index in [9.17, 15) is 18.4 Å². The summed E-state index contributed by atoms with van der Waals surface area (Å²) in [7, 11) is 0. The van der Waals surface area contributed by atoms with Crippen LogP contribution in [0, 0.1) is 18.3 Å². The van der Waals surface area contributed by atoms with Crippen molar-refractivity contribution in [3.8, 4) is 29.1 Å². The first-order valence-corrected chi connectivity index (χ1v) is 8.12. The van der Waals surface area contributed by atoms with Gasteiger partial charge in [-0.15, -0.1) is 0 Å². The molecule has 0 aliphatic heterocycles. The van der Waals surface area contributed by atoms with Crippen LogP contribution >= 0.6 is 0 Å². The second kappa shape index (κ2) is 7.11. The summed E-state index contributed by atoms with van der Waals surface area (Å²) in [5.74, 6) is 0.634. The quantitative estimate of drug-likeness (QED) is 0.650. The molecule has 2 aromatic heterocycles. The van der Waals surface area contributed by atoms with Gasteiger partial charge in [0.25, 0.3) is 0 Å². The van der Waals surface area contributed by atoms with Crippen LogP contribution in [0.25, 0.3) is 11.3 Å². The van der Waals surface area contributed by atoms with E-state index >= 15 is 0 Å². The van der Waals surface area contributed by atoms with Crippen molar-refractivity contribution in [1.82, 2.24) is 14.8 Å². The number of nitriles is 1. The van der Waals surface area contributed by atoms with Crippen LogP contribution in [0.3, 0.4) is 0 Å². The zero-order valence-electron chi connectivity index (χ0n) is 14.6. The molecule has 1 aromatic carbocycles. The predicted molar refractivity (Wildman–Crippen MR) is 92.1 cm³/mol. The van der Waals surface area contributed by atoms with Gasteiger partial charge in [0.1, 0.15) is 0 Å². The molecular weight excluding hydrogens is 357 g/mol. The van der Waals surface area contributed by atoms with Crippen molar-refractivity contribution in [2.75, 3.05) is 0 Å². The zero-order valence-corrected chi connectivity index (χ0v) is 14.6. The molecule has 0 bridgehead atoms. The summed E-state index contributed by atoms with van der Waals surface area (Å²) >= 11 is 0. The fraction of sp³-hybridized carbons (Fsp3) is 0.211. The Bertz CT molecular complexity index is 1000. The molecule has 5 nitrogen and oxygen atoms in total. The summed E-state index contributed by atoms with van der Waals surface area (Å²) in [5, 5.41) is 13.5. The van der Waals surface area contributed by atoms with Gasteiger partial charge in [-0.1, -0.05) is 12.1 Å². The number of ether oxygens (including phenoxy) is 1. The van der Waals surface area contributed by atoms with Crippen LogP contribution in [0.4, 0.5) is 13.2 Å². The number of pyridine rings is 1. The van der Waals surface area contributed by atoms with Crippen molar-refractivity contribution in [1.29, 1.82) is 5.26 Å². The number of aryl methyl sites for hydroxylation is 2. The summed E-state index contributed by atoms with van der Waals surface area (Å²) < 4.78 is 45.6. The molecule has 0 saturated heterocycles. The van der Waals surface area contributed by atoms with Crippen molar-refractivity contribution < 1.29 is 17.9 Å². The SMILES string of the molecule is CCn1nc(C)cc1Oc1cc(C#N)cc(-c2ccc(C(F)(F)F)cc2)n1. The van der Waals surface area contributed by atoms with Crippen LogP contribution in [-0.2, 0) is 12.7 Å². The van der Waals surface area contributed by atoms with Crippen LogP contribution in [0.2, 0.25) is 0 Å². The number of benzene rings is 1. The third kappa shape index (κ3) is 4.08. The first kappa shape index (κ1) is 18.5. The lowest BCUT2D eigenvalue weighted by molar-refractivity contribution is -0.137. The number of rotatable bonds is 4. The molecule has 0 unspecified atom stereocenters. The molecule has 0 fully saturated rings. The van der Waals surface area contributed by atoms with E-state index in [1.54, 1.807) is 10.7 Å². The molecule has 0 amide bonds. The molecule has 0 saturated carbocycles. The fourth-order valence-corrected chi connectivity index (χ4v) is 2.54. The van der Waals surface area contributed by atoms with Gasteiger partial charge >= 0.3 is 6.18 Å². The summed E-state index contributed by atoms with van der Waals surface area (Å²) in [5.41, 5.74) is 1.10. The Kier molecular flexibility index (Phi) is 4.86. The molecule has 2 heterocycles. The van der Waals surface area contributed by atoms with Crippen molar-refractivity contribution in [3.05, 3.63) is 59.3 Å². The number of aromatic nitrogens is 3. The normalized spacial score (nSPS) is 11.3. The number of alkyl halides is 3. The van der Waals surface area contributed by atoms with Gasteiger partial charge in [-0.25, -0.2) is 9.67 Å². The average molecular weight is 372 g/mol. The standard InChI is InChI=1S/C19H15F3N4O/c1-3-26-18(8-12(2)25-26)27-17-10-13(11-23)9-16(24-17)14-4-6-15(7-5-14)19(20,21)22/h4-10H,3H2,1-2H3. The minimum Gasteiger partial charge on any atom is -0.421 e. The fourth-order valence-electron chi connectivity index (χ4n) is 2.54. The number of hydrogen-bond donors (Lipinski definition) is 0. The maximum absolute atomic E-state index is 12.7. The van der Waals surface area contributed by atoms with Crippen molar-refractivity contribution in [2.45, 2.75) is 26.6 Å². The minimum absolute atomic E-state index is 0.165. The van der Waals surface area contributed by atoms with Gasteiger partial charge in [-0.05, 0) is 32.0 Å². The average Bonchev–Trinajstić information content (AvgIpc) is 3.00. The maximum atomic E-state index is 12.7. The lowest BCUT2D eigenvalue weighted by Gasteiger charge is -2.10. The number of halogens is 3. The second-order valence-electron chi connectivity index (χ2n) is 5.81. The highest BCUT2D eigenvalue weighted by atomic mass is 19.4. The van der Waals surface area contributed by atoms with Crippen molar-refractivity contribution in [2.24, 2.45) is 0 Å². The lowest BCUT2D eigenvalue weighted by Crippen LogP contribution is -2.04.